The molecule has 0 fully saturated rings. The molecule has 0 atom stereocenters. The molecule has 0 aliphatic heterocycles. The van der Waals surface area contributed by atoms with Crippen LogP contribution in [0.2, 0.25) is 0 Å². The normalized spacial score (nSPS) is 11.0. The number of aromatic carboxylic acids is 1. The van der Waals surface area contributed by atoms with E-state index in [1.54, 1.807) is 12.1 Å². The number of carbonyl (C=O) groups is 1. The Morgan fingerprint density at radius 3 is 2.71 bits per heavy atom. The number of hydrogen-bond acceptors (Lipinski definition) is 3. The zero-order chi connectivity index (χ0) is 15.0. The average Bonchev–Trinajstić information content (AvgIpc) is 2.85. The summed E-state index contributed by atoms with van der Waals surface area (Å²) in [6, 6.07) is 8.36. The summed E-state index contributed by atoms with van der Waals surface area (Å²) in [6.07, 6.45) is -0.0582. The molecule has 3 aromatic rings. The molecule has 0 saturated heterocycles. The van der Waals surface area contributed by atoms with Crippen LogP contribution in [-0.4, -0.2) is 16.1 Å². The second kappa shape index (κ2) is 4.97. The number of aromatic nitrogens is 1. The molecular formula is C15H9F2NO3. The first-order valence-corrected chi connectivity index (χ1v) is 6.11. The van der Waals surface area contributed by atoms with Crippen molar-refractivity contribution in [2.24, 2.45) is 0 Å². The minimum atomic E-state index is -1.14. The van der Waals surface area contributed by atoms with Gasteiger partial charge in [-0.05, 0) is 18.2 Å². The molecule has 0 saturated carbocycles. The molecule has 0 radical (unpaired) electrons. The lowest BCUT2D eigenvalue weighted by Gasteiger charge is -2.00. The van der Waals surface area contributed by atoms with Gasteiger partial charge in [0.2, 0.25) is 0 Å². The highest BCUT2D eigenvalue weighted by atomic mass is 19.2. The van der Waals surface area contributed by atoms with Crippen molar-refractivity contribution in [3.8, 4) is 0 Å². The summed E-state index contributed by atoms with van der Waals surface area (Å²) in [5, 5.41) is 9.06. The Hall–Kier alpha value is -2.76. The minimum Gasteiger partial charge on any atom is -0.478 e. The highest BCUT2D eigenvalue weighted by Gasteiger charge is 2.16. The summed E-state index contributed by atoms with van der Waals surface area (Å²) in [6.45, 7) is 0. The average molecular weight is 289 g/mol. The molecule has 3 rings (SSSR count). The molecule has 1 N–H and O–H groups in total. The molecule has 0 bridgehead atoms. The summed E-state index contributed by atoms with van der Waals surface area (Å²) in [4.78, 5) is 15.2. The van der Waals surface area contributed by atoms with Crippen molar-refractivity contribution in [3.05, 3.63) is 65.1 Å². The van der Waals surface area contributed by atoms with Crippen molar-refractivity contribution in [1.82, 2.24) is 4.98 Å². The molecule has 0 aliphatic carbocycles. The third-order valence-corrected chi connectivity index (χ3v) is 3.06. The van der Waals surface area contributed by atoms with E-state index in [2.05, 4.69) is 4.98 Å². The SMILES string of the molecule is O=C(O)c1cccc2nc(Cc3cccc(F)c3F)oc12. The van der Waals surface area contributed by atoms with Crippen LogP contribution in [0, 0.1) is 11.6 Å². The van der Waals surface area contributed by atoms with Crippen LogP contribution in [0.1, 0.15) is 21.8 Å². The predicted octanol–water partition coefficient (Wildman–Crippen LogP) is 3.40. The van der Waals surface area contributed by atoms with Crippen LogP contribution in [0.3, 0.4) is 0 Å². The van der Waals surface area contributed by atoms with Crippen LogP contribution in [0.5, 0.6) is 0 Å². The lowest BCUT2D eigenvalue weighted by atomic mass is 10.1. The lowest BCUT2D eigenvalue weighted by Crippen LogP contribution is -1.96. The maximum absolute atomic E-state index is 13.6. The van der Waals surface area contributed by atoms with Crippen LogP contribution < -0.4 is 0 Å². The lowest BCUT2D eigenvalue weighted by molar-refractivity contribution is 0.0698. The van der Waals surface area contributed by atoms with E-state index in [-0.39, 0.29) is 29.0 Å². The zero-order valence-electron chi connectivity index (χ0n) is 10.6. The number of benzene rings is 2. The second-order valence-corrected chi connectivity index (χ2v) is 4.46. The Kier molecular flexibility index (Phi) is 3.13. The van der Waals surface area contributed by atoms with Gasteiger partial charge in [0.05, 0.1) is 6.42 Å². The van der Waals surface area contributed by atoms with Gasteiger partial charge < -0.3 is 9.52 Å². The van der Waals surface area contributed by atoms with E-state index in [1.165, 1.54) is 18.2 Å². The third-order valence-electron chi connectivity index (χ3n) is 3.06. The van der Waals surface area contributed by atoms with Gasteiger partial charge in [0.25, 0.3) is 0 Å². The van der Waals surface area contributed by atoms with Crippen LogP contribution in [0.15, 0.2) is 40.8 Å². The smallest absolute Gasteiger partial charge is 0.339 e. The summed E-state index contributed by atoms with van der Waals surface area (Å²) in [5.41, 5.74) is 0.558. The number of fused-ring (bicyclic) bond motifs is 1. The van der Waals surface area contributed by atoms with Gasteiger partial charge in [0, 0.05) is 5.56 Å². The maximum Gasteiger partial charge on any atom is 0.339 e. The Morgan fingerprint density at radius 2 is 1.95 bits per heavy atom. The molecule has 0 aliphatic rings. The largest absolute Gasteiger partial charge is 0.478 e. The van der Waals surface area contributed by atoms with Crippen molar-refractivity contribution in [2.45, 2.75) is 6.42 Å². The summed E-state index contributed by atoms with van der Waals surface area (Å²) in [7, 11) is 0. The van der Waals surface area contributed by atoms with Crippen LogP contribution in [-0.2, 0) is 6.42 Å². The Balaban J connectivity index is 2.04. The van der Waals surface area contributed by atoms with E-state index in [9.17, 15) is 13.6 Å². The summed E-state index contributed by atoms with van der Waals surface area (Å²) >= 11 is 0. The van der Waals surface area contributed by atoms with Gasteiger partial charge in [-0.25, -0.2) is 18.6 Å². The molecule has 0 unspecified atom stereocenters. The van der Waals surface area contributed by atoms with Crippen LogP contribution >= 0.6 is 0 Å². The van der Waals surface area contributed by atoms with Gasteiger partial charge in [-0.2, -0.15) is 0 Å². The molecular weight excluding hydrogens is 280 g/mol. The number of para-hydroxylation sites is 1. The van der Waals surface area contributed by atoms with Crippen molar-refractivity contribution >= 4 is 17.1 Å². The number of carboxylic acid groups (broad SMARTS) is 1. The van der Waals surface area contributed by atoms with Gasteiger partial charge in [-0.15, -0.1) is 0 Å². The van der Waals surface area contributed by atoms with E-state index in [0.717, 1.165) is 6.07 Å². The second-order valence-electron chi connectivity index (χ2n) is 4.46. The standard InChI is InChI=1S/C15H9F2NO3/c16-10-5-1-3-8(13(10)17)7-12-18-11-6-2-4-9(15(19)20)14(11)21-12/h1-6H,7H2,(H,19,20). The van der Waals surface area contributed by atoms with E-state index in [4.69, 9.17) is 9.52 Å². The predicted molar refractivity (Wildman–Crippen MR) is 70.1 cm³/mol. The molecule has 6 heteroatoms. The summed E-state index contributed by atoms with van der Waals surface area (Å²) in [5.74, 6) is -2.92. The van der Waals surface area contributed by atoms with Gasteiger partial charge in [-0.3, -0.25) is 0 Å². The van der Waals surface area contributed by atoms with E-state index < -0.39 is 17.6 Å². The molecule has 1 heterocycles. The molecule has 4 nitrogen and oxygen atoms in total. The molecule has 21 heavy (non-hydrogen) atoms. The fourth-order valence-corrected chi connectivity index (χ4v) is 2.09. The monoisotopic (exact) mass is 289 g/mol. The Labute approximate surface area is 117 Å². The molecule has 2 aromatic carbocycles. The summed E-state index contributed by atoms with van der Waals surface area (Å²) < 4.78 is 32.1. The maximum atomic E-state index is 13.6. The molecule has 1 aromatic heterocycles. The van der Waals surface area contributed by atoms with Gasteiger partial charge in [-0.1, -0.05) is 18.2 Å². The van der Waals surface area contributed by atoms with Crippen molar-refractivity contribution in [1.29, 1.82) is 0 Å². The highest BCUT2D eigenvalue weighted by Crippen LogP contribution is 2.23. The fourth-order valence-electron chi connectivity index (χ4n) is 2.09. The number of carboxylic acids is 1. The molecule has 0 spiro atoms. The first-order valence-electron chi connectivity index (χ1n) is 6.11. The number of nitrogens with zero attached hydrogens (tertiary/aromatic N) is 1. The van der Waals surface area contributed by atoms with Gasteiger partial charge >= 0.3 is 5.97 Å². The Morgan fingerprint density at radius 1 is 1.19 bits per heavy atom. The van der Waals surface area contributed by atoms with Crippen molar-refractivity contribution in [2.75, 3.05) is 0 Å². The van der Waals surface area contributed by atoms with Crippen LogP contribution in [0.4, 0.5) is 8.78 Å². The van der Waals surface area contributed by atoms with E-state index in [1.807, 2.05) is 0 Å². The quantitative estimate of drug-likeness (QED) is 0.802. The third kappa shape index (κ3) is 2.35. The van der Waals surface area contributed by atoms with Gasteiger partial charge in [0.15, 0.2) is 23.1 Å². The fraction of sp³-hybridized carbons (Fsp3) is 0.0667. The number of halogens is 2. The zero-order valence-corrected chi connectivity index (χ0v) is 10.6. The number of rotatable bonds is 3. The number of hydrogen-bond donors (Lipinski definition) is 1. The van der Waals surface area contributed by atoms with Crippen LogP contribution in [0.25, 0.3) is 11.1 Å². The Bertz CT molecular complexity index is 842. The van der Waals surface area contributed by atoms with Crippen molar-refractivity contribution < 1.29 is 23.1 Å². The first-order chi connectivity index (χ1) is 10.1. The van der Waals surface area contributed by atoms with E-state index in [0.29, 0.717) is 5.52 Å². The van der Waals surface area contributed by atoms with E-state index >= 15 is 0 Å². The topological polar surface area (TPSA) is 63.3 Å². The molecule has 106 valence electrons. The number of oxazole rings is 1. The van der Waals surface area contributed by atoms with Gasteiger partial charge in [0.1, 0.15) is 11.1 Å². The molecule has 0 amide bonds. The first kappa shape index (κ1) is 13.2. The minimum absolute atomic E-state index is 0.0223. The van der Waals surface area contributed by atoms with Crippen molar-refractivity contribution in [3.63, 3.8) is 0 Å². The highest BCUT2D eigenvalue weighted by molar-refractivity contribution is 5.99.